The predicted molar refractivity (Wildman–Crippen MR) is 140 cm³/mol. The standard InChI is InChI=1S/C25H25F3N6O3S.CH2O2/c1-34(2)21-12-17(16-4-3-5-19(10-16)25(26,27)28)6-7-22(21)37-24-18(13-29)11-20(14-31-24)38(35,36)33-23-8-9-30-15-32-23;2-1-3/h3-5,8-11,14-15,17,21-22H,6-7,12H2,1-2H3,(H,30,32,33);1H,(H,2,3)/t17-,21-,22-;/m0./s1. The zero-order valence-electron chi connectivity index (χ0n) is 22.0. The Hall–Kier alpha value is -4.29. The zero-order chi connectivity index (χ0) is 30.2. The van der Waals surface area contributed by atoms with E-state index in [1.54, 1.807) is 6.07 Å². The molecule has 41 heavy (non-hydrogen) atoms. The van der Waals surface area contributed by atoms with Gasteiger partial charge < -0.3 is 14.7 Å². The second kappa shape index (κ2) is 13.4. The van der Waals surface area contributed by atoms with E-state index in [1.165, 1.54) is 36.8 Å². The minimum atomic E-state index is -4.42. The fourth-order valence-electron chi connectivity index (χ4n) is 4.52. The third-order valence-corrected chi connectivity index (χ3v) is 7.77. The molecule has 1 aliphatic carbocycles. The van der Waals surface area contributed by atoms with Gasteiger partial charge in [0.25, 0.3) is 16.5 Å². The molecule has 1 fully saturated rings. The summed E-state index contributed by atoms with van der Waals surface area (Å²) in [7, 11) is -0.370. The minimum Gasteiger partial charge on any atom is -0.483 e. The van der Waals surface area contributed by atoms with E-state index >= 15 is 0 Å². The number of rotatable bonds is 7. The summed E-state index contributed by atoms with van der Waals surface area (Å²) in [5.74, 6) is -0.0543. The summed E-state index contributed by atoms with van der Waals surface area (Å²) in [4.78, 5) is 21.7. The first-order valence-corrected chi connectivity index (χ1v) is 13.6. The summed E-state index contributed by atoms with van der Waals surface area (Å²) in [6, 6.07) is 9.69. The molecule has 15 heteroatoms. The lowest BCUT2D eigenvalue weighted by molar-refractivity contribution is -0.137. The van der Waals surface area contributed by atoms with Crippen LogP contribution < -0.4 is 9.46 Å². The van der Waals surface area contributed by atoms with Crippen molar-refractivity contribution in [2.75, 3.05) is 18.8 Å². The highest BCUT2D eigenvalue weighted by atomic mass is 32.2. The van der Waals surface area contributed by atoms with Crippen molar-refractivity contribution in [3.63, 3.8) is 0 Å². The van der Waals surface area contributed by atoms with Gasteiger partial charge in [-0.2, -0.15) is 18.4 Å². The number of pyridine rings is 1. The number of hydrogen-bond acceptors (Lipinski definition) is 9. The summed E-state index contributed by atoms with van der Waals surface area (Å²) in [5.41, 5.74) is -0.123. The first-order valence-electron chi connectivity index (χ1n) is 12.2. The molecule has 1 saturated carbocycles. The molecule has 0 amide bonds. The second-order valence-electron chi connectivity index (χ2n) is 9.26. The average Bonchev–Trinajstić information content (AvgIpc) is 2.93. The van der Waals surface area contributed by atoms with Crippen molar-refractivity contribution in [2.24, 2.45) is 0 Å². The Morgan fingerprint density at radius 1 is 1.20 bits per heavy atom. The number of sulfonamides is 1. The van der Waals surface area contributed by atoms with Crippen LogP contribution in [0.2, 0.25) is 0 Å². The number of nitriles is 1. The van der Waals surface area contributed by atoms with Crippen molar-refractivity contribution in [3.05, 3.63) is 71.8 Å². The second-order valence-corrected chi connectivity index (χ2v) is 10.9. The van der Waals surface area contributed by atoms with Gasteiger partial charge in [0, 0.05) is 12.2 Å². The van der Waals surface area contributed by atoms with Crippen LogP contribution in [-0.2, 0) is 21.0 Å². The molecule has 11 nitrogen and oxygen atoms in total. The molecule has 3 atom stereocenters. The van der Waals surface area contributed by atoms with Crippen LogP contribution in [0, 0.1) is 11.3 Å². The van der Waals surface area contributed by atoms with Crippen LogP contribution in [0.25, 0.3) is 0 Å². The average molecular weight is 593 g/mol. The Bertz CT molecular complexity index is 1480. The highest BCUT2D eigenvalue weighted by Gasteiger charge is 2.36. The monoisotopic (exact) mass is 592 g/mol. The maximum atomic E-state index is 13.2. The number of carboxylic acid groups (broad SMARTS) is 1. The summed E-state index contributed by atoms with van der Waals surface area (Å²) >= 11 is 0. The van der Waals surface area contributed by atoms with Gasteiger partial charge in [0.15, 0.2) is 0 Å². The number of benzene rings is 1. The molecule has 2 N–H and O–H groups in total. The van der Waals surface area contributed by atoms with Crippen LogP contribution in [-0.4, -0.2) is 66.1 Å². The molecule has 0 saturated heterocycles. The highest BCUT2D eigenvalue weighted by molar-refractivity contribution is 7.92. The third-order valence-electron chi connectivity index (χ3n) is 6.44. The van der Waals surface area contributed by atoms with E-state index in [9.17, 15) is 26.9 Å². The third kappa shape index (κ3) is 8.12. The van der Waals surface area contributed by atoms with Gasteiger partial charge in [0.1, 0.15) is 34.8 Å². The molecule has 2 aromatic heterocycles. The summed E-state index contributed by atoms with van der Waals surface area (Å²) in [6.07, 6.45) is 0.461. The van der Waals surface area contributed by atoms with Crippen LogP contribution in [0.1, 0.15) is 41.9 Å². The molecule has 4 rings (SSSR count). The van der Waals surface area contributed by atoms with E-state index in [0.717, 1.165) is 12.3 Å². The van der Waals surface area contributed by atoms with E-state index in [4.69, 9.17) is 14.6 Å². The zero-order valence-corrected chi connectivity index (χ0v) is 22.8. The highest BCUT2D eigenvalue weighted by Crippen LogP contribution is 2.39. The first kappa shape index (κ1) is 31.2. The Morgan fingerprint density at radius 3 is 2.54 bits per heavy atom. The summed E-state index contributed by atoms with van der Waals surface area (Å²) in [6.45, 7) is -0.250. The molecule has 0 aliphatic heterocycles. The predicted octanol–water partition coefficient (Wildman–Crippen LogP) is 3.91. The normalized spacial score (nSPS) is 18.9. The Balaban J connectivity index is 0.00000147. The van der Waals surface area contributed by atoms with Crippen molar-refractivity contribution < 1.29 is 36.2 Å². The lowest BCUT2D eigenvalue weighted by Gasteiger charge is -2.39. The maximum absolute atomic E-state index is 13.2. The van der Waals surface area contributed by atoms with Gasteiger partial charge in [-0.25, -0.2) is 23.4 Å². The van der Waals surface area contributed by atoms with E-state index in [2.05, 4.69) is 19.7 Å². The van der Waals surface area contributed by atoms with Crippen LogP contribution in [0.3, 0.4) is 0 Å². The van der Waals surface area contributed by atoms with E-state index in [-0.39, 0.29) is 40.6 Å². The van der Waals surface area contributed by atoms with Gasteiger partial charge in [-0.1, -0.05) is 18.2 Å². The number of likely N-dealkylation sites (N-methyl/N-ethyl adjacent to an activating group) is 1. The number of halogens is 3. The molecular formula is C26H27F3N6O5S. The maximum Gasteiger partial charge on any atom is 0.416 e. The van der Waals surface area contributed by atoms with Crippen molar-refractivity contribution in [2.45, 2.75) is 48.4 Å². The molecule has 2 heterocycles. The molecule has 1 aromatic carbocycles. The topological polar surface area (TPSA) is 158 Å². The molecule has 0 unspecified atom stereocenters. The quantitative estimate of drug-likeness (QED) is 0.385. The van der Waals surface area contributed by atoms with Gasteiger partial charge in [-0.05, 0) is 63.0 Å². The molecule has 0 bridgehead atoms. The van der Waals surface area contributed by atoms with Gasteiger partial charge in [-0.3, -0.25) is 9.52 Å². The Morgan fingerprint density at radius 2 is 1.93 bits per heavy atom. The molecule has 3 aromatic rings. The van der Waals surface area contributed by atoms with Gasteiger partial charge in [0.05, 0.1) is 11.8 Å². The van der Waals surface area contributed by atoms with E-state index < -0.39 is 27.9 Å². The summed E-state index contributed by atoms with van der Waals surface area (Å²) < 4.78 is 73.5. The number of nitrogens with zero attached hydrogens (tertiary/aromatic N) is 5. The number of alkyl halides is 3. The smallest absolute Gasteiger partial charge is 0.416 e. The lowest BCUT2D eigenvalue weighted by atomic mass is 9.79. The van der Waals surface area contributed by atoms with Gasteiger partial charge >= 0.3 is 6.18 Å². The fraction of sp³-hybridized carbons (Fsp3) is 0.346. The number of carbonyl (C=O) groups is 1. The van der Waals surface area contributed by atoms with Crippen molar-refractivity contribution in [3.8, 4) is 11.9 Å². The molecule has 0 radical (unpaired) electrons. The molecule has 218 valence electrons. The molecule has 1 aliphatic rings. The van der Waals surface area contributed by atoms with Crippen molar-refractivity contribution in [1.29, 1.82) is 5.26 Å². The fourth-order valence-corrected chi connectivity index (χ4v) is 5.49. The van der Waals surface area contributed by atoms with E-state index in [1.807, 2.05) is 25.1 Å². The summed E-state index contributed by atoms with van der Waals surface area (Å²) in [5, 5.41) is 16.6. The van der Waals surface area contributed by atoms with Crippen molar-refractivity contribution in [1.82, 2.24) is 19.9 Å². The van der Waals surface area contributed by atoms with Crippen LogP contribution in [0.5, 0.6) is 5.88 Å². The number of hydrogen-bond donors (Lipinski definition) is 2. The van der Waals surface area contributed by atoms with Crippen LogP contribution >= 0.6 is 0 Å². The van der Waals surface area contributed by atoms with Gasteiger partial charge in [0.2, 0.25) is 5.88 Å². The lowest BCUT2D eigenvalue weighted by Crippen LogP contribution is -2.46. The number of ether oxygens (including phenoxy) is 1. The number of nitrogens with one attached hydrogen (secondary N) is 1. The van der Waals surface area contributed by atoms with Gasteiger partial charge in [-0.15, -0.1) is 0 Å². The first-order chi connectivity index (χ1) is 19.4. The SMILES string of the molecule is CN(C)[C@H]1C[C@@H](c2cccc(C(F)(F)F)c2)CC[C@@H]1Oc1ncc(S(=O)(=O)Nc2ccncn2)cc1C#N.O=CO. The molecular weight excluding hydrogens is 565 g/mol. The van der Waals surface area contributed by atoms with Crippen LogP contribution in [0.4, 0.5) is 19.0 Å². The number of anilines is 1. The molecule has 0 spiro atoms. The largest absolute Gasteiger partial charge is 0.483 e. The number of aromatic nitrogens is 3. The van der Waals surface area contributed by atoms with E-state index in [0.29, 0.717) is 24.8 Å². The van der Waals surface area contributed by atoms with Crippen molar-refractivity contribution >= 4 is 22.3 Å². The Labute approximate surface area is 234 Å². The minimum absolute atomic E-state index is 0.0112. The Kier molecular flexibility index (Phi) is 10.2. The van der Waals surface area contributed by atoms with Crippen LogP contribution in [0.15, 0.2) is 60.0 Å².